The first kappa shape index (κ1) is 25.9. The lowest BCUT2D eigenvalue weighted by molar-refractivity contribution is -0.139. The molecule has 0 N–H and O–H groups in total. The summed E-state index contributed by atoms with van der Waals surface area (Å²) in [6, 6.07) is 0. The maximum Gasteiger partial charge on any atom is 0.334 e. The molecule has 3 unspecified atom stereocenters. The van der Waals surface area contributed by atoms with Crippen LogP contribution in [0.4, 0.5) is 0 Å². The lowest BCUT2D eigenvalue weighted by Crippen LogP contribution is -2.51. The first-order valence-electron chi connectivity index (χ1n) is 13.0. The highest BCUT2D eigenvalue weighted by atomic mass is 31.2. The molecule has 0 spiro atoms. The van der Waals surface area contributed by atoms with E-state index in [9.17, 15) is 0 Å². The van der Waals surface area contributed by atoms with E-state index in [4.69, 9.17) is 13.6 Å². The molecular formula is C27H51O3P. The Balaban J connectivity index is 1.90. The molecule has 0 heterocycles. The van der Waals surface area contributed by atoms with E-state index in [1.807, 2.05) is 0 Å². The average molecular weight is 455 g/mol. The lowest BCUT2D eigenvalue weighted by atomic mass is 9.66. The van der Waals surface area contributed by atoms with Gasteiger partial charge in [0.25, 0.3) is 0 Å². The van der Waals surface area contributed by atoms with Gasteiger partial charge in [0, 0.05) is 0 Å². The lowest BCUT2D eigenvalue weighted by Gasteiger charge is -2.54. The summed E-state index contributed by atoms with van der Waals surface area (Å²) >= 11 is 0. The fourth-order valence-electron chi connectivity index (χ4n) is 5.95. The van der Waals surface area contributed by atoms with Gasteiger partial charge in [-0.2, -0.15) is 0 Å². The predicted octanol–water partition coefficient (Wildman–Crippen LogP) is 9.34. The Morgan fingerprint density at radius 2 is 0.613 bits per heavy atom. The second kappa shape index (κ2) is 8.83. The fraction of sp³-hybridized carbons (Fsp3) is 1.00. The van der Waals surface area contributed by atoms with Gasteiger partial charge in [-0.15, -0.1) is 0 Å². The smallest absolute Gasteiger partial charge is 0.305 e. The molecule has 3 rings (SSSR count). The van der Waals surface area contributed by atoms with E-state index in [-0.39, 0.29) is 33.0 Å². The summed E-state index contributed by atoms with van der Waals surface area (Å²) in [6.45, 7) is 21.2. The van der Waals surface area contributed by atoms with Crippen molar-refractivity contribution in [3.05, 3.63) is 0 Å². The summed E-state index contributed by atoms with van der Waals surface area (Å²) in [6.07, 6.45) is 14.5. The van der Waals surface area contributed by atoms with Crippen LogP contribution in [0.1, 0.15) is 139 Å². The van der Waals surface area contributed by atoms with Gasteiger partial charge >= 0.3 is 8.60 Å². The zero-order valence-electron chi connectivity index (χ0n) is 22.2. The van der Waals surface area contributed by atoms with Gasteiger partial charge < -0.3 is 13.6 Å². The molecule has 0 saturated heterocycles. The largest absolute Gasteiger partial charge is 0.334 e. The van der Waals surface area contributed by atoms with Gasteiger partial charge in [-0.25, -0.2) is 0 Å². The zero-order chi connectivity index (χ0) is 23.2. The Hall–Kier alpha value is 0.310. The van der Waals surface area contributed by atoms with Gasteiger partial charge in [-0.3, -0.25) is 0 Å². The Morgan fingerprint density at radius 3 is 0.839 bits per heavy atom. The topological polar surface area (TPSA) is 27.7 Å². The molecule has 0 amide bonds. The van der Waals surface area contributed by atoms with Gasteiger partial charge in [0.1, 0.15) is 0 Å². The van der Waals surface area contributed by atoms with Crippen molar-refractivity contribution in [1.82, 2.24) is 0 Å². The first-order valence-corrected chi connectivity index (χ1v) is 14.1. The summed E-state index contributed by atoms with van der Waals surface area (Å²) in [5.74, 6) is 0. The molecule has 0 bridgehead atoms. The molecule has 4 heteroatoms. The summed E-state index contributed by atoms with van der Waals surface area (Å²) in [5, 5.41) is 0. The quantitative estimate of drug-likeness (QED) is 0.374. The third-order valence-corrected chi connectivity index (χ3v) is 11.9. The maximum atomic E-state index is 7.04. The van der Waals surface area contributed by atoms with E-state index < -0.39 is 8.60 Å². The molecule has 0 aliphatic heterocycles. The first-order chi connectivity index (χ1) is 14.2. The Bertz CT molecular complexity index is 544. The van der Waals surface area contributed by atoms with Crippen molar-refractivity contribution in [2.24, 2.45) is 16.2 Å². The van der Waals surface area contributed by atoms with Crippen LogP contribution in [0.3, 0.4) is 0 Å². The molecule has 182 valence electrons. The molecule has 0 aromatic rings. The second-order valence-corrected chi connectivity index (χ2v) is 14.5. The molecule has 0 aromatic carbocycles. The van der Waals surface area contributed by atoms with Crippen LogP contribution < -0.4 is 0 Å². The molecular weight excluding hydrogens is 403 g/mol. The van der Waals surface area contributed by atoms with Crippen LogP contribution in [0, 0.1) is 16.2 Å². The molecule has 3 saturated carbocycles. The van der Waals surface area contributed by atoms with Crippen LogP contribution in [0.15, 0.2) is 0 Å². The Kier molecular flexibility index (Phi) is 7.38. The minimum Gasteiger partial charge on any atom is -0.305 e. The minimum atomic E-state index is -1.45. The third kappa shape index (κ3) is 5.06. The average Bonchev–Trinajstić information content (AvgIpc) is 2.63. The van der Waals surface area contributed by atoms with Crippen molar-refractivity contribution in [2.75, 3.05) is 0 Å². The summed E-state index contributed by atoms with van der Waals surface area (Å²) < 4.78 is 21.1. The van der Waals surface area contributed by atoms with Gasteiger partial charge in [0.2, 0.25) is 0 Å². The normalized spacial score (nSPS) is 40.9. The van der Waals surface area contributed by atoms with Gasteiger partial charge in [0.15, 0.2) is 0 Å². The van der Waals surface area contributed by atoms with E-state index in [0.29, 0.717) is 0 Å². The van der Waals surface area contributed by atoms with E-state index in [1.54, 1.807) is 0 Å². The van der Waals surface area contributed by atoms with Crippen LogP contribution in [0.5, 0.6) is 0 Å². The highest BCUT2D eigenvalue weighted by Crippen LogP contribution is 2.63. The standard InChI is InChI=1S/C27H51O3P/c1-22(2)16-10-13-19-25(22,7)28-31(29-26(8)20-14-11-17-23(26,3)4)30-27(9)21-15-12-18-24(27,5)6/h10-21H2,1-9H3. The fourth-order valence-corrected chi connectivity index (χ4v) is 8.07. The zero-order valence-corrected chi connectivity index (χ0v) is 23.1. The van der Waals surface area contributed by atoms with Crippen LogP contribution in [0.2, 0.25) is 0 Å². The van der Waals surface area contributed by atoms with Crippen molar-refractivity contribution in [3.8, 4) is 0 Å². The molecule has 3 nitrogen and oxygen atoms in total. The van der Waals surface area contributed by atoms with Crippen molar-refractivity contribution >= 4 is 8.60 Å². The summed E-state index contributed by atoms with van der Waals surface area (Å²) in [7, 11) is -1.45. The predicted molar refractivity (Wildman–Crippen MR) is 132 cm³/mol. The third-order valence-electron chi connectivity index (χ3n) is 10.2. The monoisotopic (exact) mass is 454 g/mol. The van der Waals surface area contributed by atoms with Crippen molar-refractivity contribution in [2.45, 2.75) is 156 Å². The van der Waals surface area contributed by atoms with Gasteiger partial charge in [0.05, 0.1) is 16.8 Å². The number of hydrogen-bond acceptors (Lipinski definition) is 3. The number of hydrogen-bond donors (Lipinski definition) is 0. The maximum absolute atomic E-state index is 7.04. The van der Waals surface area contributed by atoms with Gasteiger partial charge in [-0.05, 0) is 75.5 Å². The van der Waals surface area contributed by atoms with Crippen molar-refractivity contribution in [3.63, 3.8) is 0 Å². The van der Waals surface area contributed by atoms with E-state index in [1.165, 1.54) is 57.8 Å². The molecule has 3 fully saturated rings. The molecule has 3 atom stereocenters. The van der Waals surface area contributed by atoms with Crippen LogP contribution in [-0.2, 0) is 13.6 Å². The van der Waals surface area contributed by atoms with E-state index in [0.717, 1.165) is 19.3 Å². The Labute approximate surface area is 194 Å². The molecule has 3 aliphatic carbocycles. The summed E-state index contributed by atoms with van der Waals surface area (Å²) in [4.78, 5) is 0. The molecule has 0 aromatic heterocycles. The second-order valence-electron chi connectivity index (χ2n) is 13.5. The van der Waals surface area contributed by atoms with Crippen LogP contribution in [-0.4, -0.2) is 16.8 Å². The molecule has 31 heavy (non-hydrogen) atoms. The van der Waals surface area contributed by atoms with Crippen molar-refractivity contribution < 1.29 is 13.6 Å². The SMILES string of the molecule is CC1(C)CCCCC1(C)OP(OC1(C)CCCCC1(C)C)OC1(C)CCCCC1(C)C. The Morgan fingerprint density at radius 1 is 0.387 bits per heavy atom. The molecule has 0 radical (unpaired) electrons. The minimum absolute atomic E-state index is 0.129. The highest BCUT2D eigenvalue weighted by Gasteiger charge is 2.53. The van der Waals surface area contributed by atoms with E-state index in [2.05, 4.69) is 62.3 Å². The van der Waals surface area contributed by atoms with E-state index >= 15 is 0 Å². The van der Waals surface area contributed by atoms with Gasteiger partial charge in [-0.1, -0.05) is 80.1 Å². The number of rotatable bonds is 6. The van der Waals surface area contributed by atoms with Crippen LogP contribution in [0.25, 0.3) is 0 Å². The van der Waals surface area contributed by atoms with Crippen molar-refractivity contribution in [1.29, 1.82) is 0 Å². The highest BCUT2D eigenvalue weighted by molar-refractivity contribution is 7.41. The summed E-state index contributed by atoms with van der Waals surface area (Å²) in [5.41, 5.74) is -0.233. The molecule has 3 aliphatic rings. The van der Waals surface area contributed by atoms with Crippen LogP contribution >= 0.6 is 8.60 Å².